The number of benzene rings is 2. The number of halogens is 1. The average molecular weight is 469 g/mol. The van der Waals surface area contributed by atoms with Crippen LogP contribution in [-0.4, -0.2) is 53.3 Å². The number of sulfonamides is 1. The Morgan fingerprint density at radius 1 is 1.00 bits per heavy atom. The summed E-state index contributed by atoms with van der Waals surface area (Å²) in [4.78, 5) is 36.4. The summed E-state index contributed by atoms with van der Waals surface area (Å²) in [5, 5.41) is 2.80. The molecule has 0 spiro atoms. The van der Waals surface area contributed by atoms with E-state index in [4.69, 9.17) is 11.6 Å². The predicted octanol–water partition coefficient (Wildman–Crippen LogP) is 2.63. The largest absolute Gasteiger partial charge is 0.465 e. The maximum absolute atomic E-state index is 12.7. The normalized spacial score (nSPS) is 10.9. The summed E-state index contributed by atoms with van der Waals surface area (Å²) in [6.07, 6.45) is 0.966. The fraction of sp³-hybridized carbons (Fsp3) is 0.250. The molecule has 0 aromatic heterocycles. The van der Waals surface area contributed by atoms with E-state index in [0.717, 1.165) is 10.6 Å². The molecule has 0 aliphatic heterocycles. The van der Waals surface area contributed by atoms with Gasteiger partial charge >= 0.3 is 11.9 Å². The van der Waals surface area contributed by atoms with E-state index in [9.17, 15) is 22.8 Å². The van der Waals surface area contributed by atoms with Gasteiger partial charge in [0.1, 0.15) is 6.54 Å². The lowest BCUT2D eigenvalue weighted by molar-refractivity contribution is -0.114. The zero-order valence-corrected chi connectivity index (χ0v) is 18.8. The lowest BCUT2D eigenvalue weighted by Gasteiger charge is -2.24. The molecule has 0 fully saturated rings. The van der Waals surface area contributed by atoms with Gasteiger partial charge in [0.25, 0.3) is 0 Å². The number of anilines is 2. The minimum atomic E-state index is -3.83. The maximum atomic E-state index is 12.7. The number of aryl methyl sites for hydroxylation is 1. The highest BCUT2D eigenvalue weighted by atomic mass is 35.5. The van der Waals surface area contributed by atoms with Gasteiger partial charge in [-0.15, -0.1) is 0 Å². The molecule has 0 atom stereocenters. The zero-order chi connectivity index (χ0) is 23.3. The molecule has 0 aliphatic carbocycles. The van der Waals surface area contributed by atoms with E-state index < -0.39 is 34.4 Å². The molecular formula is C20H21ClN2O7S. The number of nitrogens with zero attached hydrogens (tertiary/aromatic N) is 1. The van der Waals surface area contributed by atoms with Crippen molar-refractivity contribution in [3.05, 3.63) is 58.1 Å². The monoisotopic (exact) mass is 468 g/mol. The molecule has 0 heterocycles. The van der Waals surface area contributed by atoms with Crippen molar-refractivity contribution in [2.24, 2.45) is 0 Å². The van der Waals surface area contributed by atoms with E-state index in [1.165, 1.54) is 38.5 Å². The standard InChI is InChI=1S/C20H21ClN2O7S/c1-12-5-6-15(21)10-17(12)23(31(4,27)28)11-18(24)22-16-8-13(19(25)29-2)7-14(9-16)20(26)30-3/h5-10H,11H2,1-4H3,(H,22,24). The zero-order valence-electron chi connectivity index (χ0n) is 17.3. The Morgan fingerprint density at radius 3 is 2.03 bits per heavy atom. The number of hydrogen-bond donors (Lipinski definition) is 1. The van der Waals surface area contributed by atoms with E-state index in [0.29, 0.717) is 10.6 Å². The van der Waals surface area contributed by atoms with Crippen molar-refractivity contribution in [2.45, 2.75) is 6.92 Å². The molecular weight excluding hydrogens is 448 g/mol. The van der Waals surface area contributed by atoms with Gasteiger partial charge in [0, 0.05) is 10.7 Å². The van der Waals surface area contributed by atoms with Gasteiger partial charge in [-0.3, -0.25) is 9.10 Å². The predicted molar refractivity (Wildman–Crippen MR) is 116 cm³/mol. The molecule has 0 aliphatic rings. The molecule has 0 bridgehead atoms. The van der Waals surface area contributed by atoms with E-state index in [1.54, 1.807) is 19.1 Å². The van der Waals surface area contributed by atoms with Crippen molar-refractivity contribution < 1.29 is 32.3 Å². The van der Waals surface area contributed by atoms with Crippen molar-refractivity contribution in [3.8, 4) is 0 Å². The average Bonchev–Trinajstić information content (AvgIpc) is 2.71. The second-order valence-corrected chi connectivity index (χ2v) is 8.87. The third kappa shape index (κ3) is 6.19. The second-order valence-electron chi connectivity index (χ2n) is 6.53. The van der Waals surface area contributed by atoms with Gasteiger partial charge in [-0.2, -0.15) is 0 Å². The van der Waals surface area contributed by atoms with Gasteiger partial charge in [0.2, 0.25) is 15.9 Å². The number of amides is 1. The van der Waals surface area contributed by atoms with E-state index in [-0.39, 0.29) is 22.5 Å². The minimum absolute atomic E-state index is 0.00588. The molecule has 1 N–H and O–H groups in total. The first-order valence-electron chi connectivity index (χ1n) is 8.81. The van der Waals surface area contributed by atoms with Crippen molar-refractivity contribution in [3.63, 3.8) is 0 Å². The molecule has 0 unspecified atom stereocenters. The molecule has 0 radical (unpaired) electrons. The van der Waals surface area contributed by atoms with Crippen LogP contribution in [0.3, 0.4) is 0 Å². The first-order valence-corrected chi connectivity index (χ1v) is 11.0. The van der Waals surface area contributed by atoms with Gasteiger partial charge in [-0.1, -0.05) is 17.7 Å². The highest BCUT2D eigenvalue weighted by molar-refractivity contribution is 7.92. The molecule has 2 rings (SSSR count). The van der Waals surface area contributed by atoms with Crippen molar-refractivity contribution in [1.82, 2.24) is 0 Å². The Kier molecular flexibility index (Phi) is 7.64. The summed E-state index contributed by atoms with van der Waals surface area (Å²) < 4.78 is 34.9. The summed E-state index contributed by atoms with van der Waals surface area (Å²) in [6, 6.07) is 8.53. The van der Waals surface area contributed by atoms with Crippen LogP contribution in [0.5, 0.6) is 0 Å². The third-order valence-corrected chi connectivity index (χ3v) is 5.55. The molecule has 31 heavy (non-hydrogen) atoms. The summed E-state index contributed by atoms with van der Waals surface area (Å²) in [6.45, 7) is 1.13. The van der Waals surface area contributed by atoms with Crippen molar-refractivity contribution in [2.75, 3.05) is 36.6 Å². The lowest BCUT2D eigenvalue weighted by atomic mass is 10.1. The molecule has 2 aromatic carbocycles. The second kappa shape index (κ2) is 9.80. The van der Waals surface area contributed by atoms with Crippen molar-refractivity contribution >= 4 is 50.8 Å². The fourth-order valence-electron chi connectivity index (χ4n) is 2.73. The van der Waals surface area contributed by atoms with Gasteiger partial charge < -0.3 is 14.8 Å². The molecule has 2 aromatic rings. The summed E-state index contributed by atoms with van der Waals surface area (Å²) >= 11 is 5.99. The molecule has 9 nitrogen and oxygen atoms in total. The summed E-state index contributed by atoms with van der Waals surface area (Å²) in [5.74, 6) is -2.16. The Bertz CT molecular complexity index is 1100. The number of carbonyl (C=O) groups is 3. The van der Waals surface area contributed by atoms with Crippen LogP contribution in [0.15, 0.2) is 36.4 Å². The highest BCUT2D eigenvalue weighted by Crippen LogP contribution is 2.26. The summed E-state index contributed by atoms with van der Waals surface area (Å²) in [7, 11) is -1.49. The van der Waals surface area contributed by atoms with Crippen LogP contribution in [0.2, 0.25) is 5.02 Å². The first kappa shape index (κ1) is 24.2. The first-order chi connectivity index (χ1) is 14.5. The van der Waals surface area contributed by atoms with Crippen molar-refractivity contribution in [1.29, 1.82) is 0 Å². The van der Waals surface area contributed by atoms with Gasteiger partial charge in [0.15, 0.2) is 0 Å². The molecule has 166 valence electrons. The Balaban J connectivity index is 2.37. The third-order valence-electron chi connectivity index (χ3n) is 4.19. The highest BCUT2D eigenvalue weighted by Gasteiger charge is 2.23. The lowest BCUT2D eigenvalue weighted by Crippen LogP contribution is -2.38. The van der Waals surface area contributed by atoms with Crippen LogP contribution in [0.4, 0.5) is 11.4 Å². The quantitative estimate of drug-likeness (QED) is 0.620. The van der Waals surface area contributed by atoms with E-state index in [1.807, 2.05) is 0 Å². The summed E-state index contributed by atoms with van der Waals surface area (Å²) in [5.41, 5.74) is 0.953. The fourth-order valence-corrected chi connectivity index (χ4v) is 3.81. The van der Waals surface area contributed by atoms with Gasteiger partial charge in [0.05, 0.1) is 37.3 Å². The molecule has 0 saturated heterocycles. The van der Waals surface area contributed by atoms with Crippen LogP contribution in [0.25, 0.3) is 0 Å². The minimum Gasteiger partial charge on any atom is -0.465 e. The topological polar surface area (TPSA) is 119 Å². The molecule has 1 amide bonds. The number of esters is 2. The molecule has 0 saturated carbocycles. The number of nitrogens with one attached hydrogen (secondary N) is 1. The number of methoxy groups -OCH3 is 2. The maximum Gasteiger partial charge on any atom is 0.337 e. The number of rotatable bonds is 7. The number of carbonyl (C=O) groups excluding carboxylic acids is 3. The van der Waals surface area contributed by atoms with Crippen LogP contribution in [-0.2, 0) is 24.3 Å². The van der Waals surface area contributed by atoms with Crippen LogP contribution < -0.4 is 9.62 Å². The van der Waals surface area contributed by atoms with Gasteiger partial charge in [-0.25, -0.2) is 18.0 Å². The van der Waals surface area contributed by atoms with Crippen LogP contribution in [0.1, 0.15) is 26.3 Å². The SMILES string of the molecule is COC(=O)c1cc(NC(=O)CN(c2cc(Cl)ccc2C)S(C)(=O)=O)cc(C(=O)OC)c1. The van der Waals surface area contributed by atoms with Gasteiger partial charge in [-0.05, 0) is 42.8 Å². The number of hydrogen-bond acceptors (Lipinski definition) is 7. The molecule has 11 heteroatoms. The Hall–Kier alpha value is -3.11. The van der Waals surface area contributed by atoms with E-state index in [2.05, 4.69) is 14.8 Å². The smallest absolute Gasteiger partial charge is 0.337 e. The Labute approximate surface area is 184 Å². The van der Waals surface area contributed by atoms with Crippen LogP contribution >= 0.6 is 11.6 Å². The van der Waals surface area contributed by atoms with Crippen LogP contribution in [0, 0.1) is 6.92 Å². The number of ether oxygens (including phenoxy) is 2. The van der Waals surface area contributed by atoms with E-state index >= 15 is 0 Å². The Morgan fingerprint density at radius 2 is 1.55 bits per heavy atom.